The van der Waals surface area contributed by atoms with Gasteiger partial charge in [-0.05, 0) is 35.9 Å². The van der Waals surface area contributed by atoms with Gasteiger partial charge in [0.05, 0.1) is 37.3 Å². The molecule has 1 fully saturated rings. The number of nitrogens with zero attached hydrogens (tertiary/aromatic N) is 2. The highest BCUT2D eigenvalue weighted by molar-refractivity contribution is 6.04. The van der Waals surface area contributed by atoms with Gasteiger partial charge in [-0.2, -0.15) is 13.2 Å². The molecule has 0 radical (unpaired) electrons. The fourth-order valence-electron chi connectivity index (χ4n) is 3.72. The maximum Gasteiger partial charge on any atom is 0.416 e. The van der Waals surface area contributed by atoms with Gasteiger partial charge in [-0.15, -0.1) is 0 Å². The Kier molecular flexibility index (Phi) is 7.06. The Bertz CT molecular complexity index is 1250. The first kappa shape index (κ1) is 24.3. The summed E-state index contributed by atoms with van der Waals surface area (Å²) in [5.41, 5.74) is -0.431. The van der Waals surface area contributed by atoms with Gasteiger partial charge in [0, 0.05) is 25.6 Å². The van der Waals surface area contributed by atoms with E-state index in [2.05, 4.69) is 15.3 Å². The summed E-state index contributed by atoms with van der Waals surface area (Å²) in [6.45, 7) is 1.75. The fourth-order valence-corrected chi connectivity index (χ4v) is 3.72. The normalized spacial score (nSPS) is 14.0. The molecule has 11 heteroatoms. The SMILES string of the molecule is COc1ccc(Cc2nc(C(=O)Nc3cc(C(F)(F)F)ccc3N3CCOCC3)cc(=O)[nH]2)cc1. The van der Waals surface area contributed by atoms with Crippen molar-refractivity contribution in [3.8, 4) is 5.75 Å². The number of amides is 1. The molecule has 35 heavy (non-hydrogen) atoms. The highest BCUT2D eigenvalue weighted by atomic mass is 19.4. The first-order valence-electron chi connectivity index (χ1n) is 10.8. The van der Waals surface area contributed by atoms with E-state index in [-0.39, 0.29) is 23.6 Å². The lowest BCUT2D eigenvalue weighted by Gasteiger charge is -2.31. The number of nitrogens with one attached hydrogen (secondary N) is 2. The molecule has 2 N–H and O–H groups in total. The summed E-state index contributed by atoms with van der Waals surface area (Å²) in [5, 5.41) is 2.52. The Morgan fingerprint density at radius 1 is 1.14 bits per heavy atom. The van der Waals surface area contributed by atoms with Crippen molar-refractivity contribution >= 4 is 17.3 Å². The van der Waals surface area contributed by atoms with Crippen LogP contribution in [0.3, 0.4) is 0 Å². The van der Waals surface area contributed by atoms with Crippen molar-refractivity contribution in [1.82, 2.24) is 9.97 Å². The number of methoxy groups -OCH3 is 1. The first-order chi connectivity index (χ1) is 16.7. The number of carbonyl (C=O) groups is 1. The van der Waals surface area contributed by atoms with Crippen LogP contribution in [0.25, 0.3) is 0 Å². The molecule has 0 saturated carbocycles. The number of hydrogen-bond acceptors (Lipinski definition) is 6. The number of rotatable bonds is 6. The van der Waals surface area contributed by atoms with Gasteiger partial charge in [-0.3, -0.25) is 9.59 Å². The maximum absolute atomic E-state index is 13.4. The van der Waals surface area contributed by atoms with E-state index in [1.807, 2.05) is 4.90 Å². The lowest BCUT2D eigenvalue weighted by molar-refractivity contribution is -0.137. The summed E-state index contributed by atoms with van der Waals surface area (Å²) in [6.07, 6.45) is -4.35. The zero-order valence-electron chi connectivity index (χ0n) is 18.8. The van der Waals surface area contributed by atoms with Crippen LogP contribution in [0, 0.1) is 0 Å². The molecule has 0 atom stereocenters. The fraction of sp³-hybridized carbons (Fsp3) is 0.292. The number of ether oxygens (including phenoxy) is 2. The monoisotopic (exact) mass is 488 g/mol. The molecule has 0 unspecified atom stereocenters. The number of carbonyl (C=O) groups excluding carboxylic acids is 1. The molecule has 1 aromatic heterocycles. The van der Waals surface area contributed by atoms with Crippen LogP contribution in [-0.2, 0) is 17.3 Å². The van der Waals surface area contributed by atoms with Crippen LogP contribution in [0.5, 0.6) is 5.75 Å². The van der Waals surface area contributed by atoms with E-state index in [0.29, 0.717) is 37.7 Å². The van der Waals surface area contributed by atoms with Gasteiger partial charge in [0.25, 0.3) is 11.5 Å². The van der Waals surface area contributed by atoms with E-state index in [1.54, 1.807) is 31.4 Å². The third-order valence-electron chi connectivity index (χ3n) is 5.48. The Morgan fingerprint density at radius 3 is 2.51 bits per heavy atom. The van der Waals surface area contributed by atoms with E-state index in [4.69, 9.17) is 9.47 Å². The summed E-state index contributed by atoms with van der Waals surface area (Å²) in [7, 11) is 1.55. The van der Waals surface area contributed by atoms with Crippen molar-refractivity contribution in [3.63, 3.8) is 0 Å². The molecule has 1 aliphatic rings. The predicted octanol–water partition coefficient (Wildman–Crippen LogP) is 3.48. The number of halogens is 3. The minimum atomic E-state index is -4.59. The molecule has 0 aliphatic carbocycles. The van der Waals surface area contributed by atoms with Crippen molar-refractivity contribution in [2.75, 3.05) is 43.6 Å². The Labute approximate surface area is 198 Å². The topological polar surface area (TPSA) is 96.5 Å². The summed E-state index contributed by atoms with van der Waals surface area (Å²) >= 11 is 0. The molecule has 1 aliphatic heterocycles. The van der Waals surface area contributed by atoms with Crippen LogP contribution < -0.4 is 20.5 Å². The minimum Gasteiger partial charge on any atom is -0.497 e. The van der Waals surface area contributed by atoms with Crippen molar-refractivity contribution in [2.24, 2.45) is 0 Å². The van der Waals surface area contributed by atoms with Gasteiger partial charge in [-0.25, -0.2) is 4.98 Å². The van der Waals surface area contributed by atoms with Gasteiger partial charge < -0.3 is 24.7 Å². The van der Waals surface area contributed by atoms with E-state index in [0.717, 1.165) is 23.8 Å². The average Bonchev–Trinajstić information content (AvgIpc) is 2.84. The molecule has 1 amide bonds. The molecule has 2 aromatic carbocycles. The number of aromatic amines is 1. The van der Waals surface area contributed by atoms with E-state index in [9.17, 15) is 22.8 Å². The molecule has 184 valence electrons. The Morgan fingerprint density at radius 2 is 1.86 bits per heavy atom. The summed E-state index contributed by atoms with van der Waals surface area (Å²) < 4.78 is 50.5. The number of aromatic nitrogens is 2. The van der Waals surface area contributed by atoms with Crippen molar-refractivity contribution in [2.45, 2.75) is 12.6 Å². The van der Waals surface area contributed by atoms with Crippen LogP contribution in [0.1, 0.15) is 27.4 Å². The first-order valence-corrected chi connectivity index (χ1v) is 10.8. The molecule has 3 aromatic rings. The number of H-pyrrole nitrogens is 1. The molecule has 4 rings (SSSR count). The molecular weight excluding hydrogens is 465 g/mol. The zero-order chi connectivity index (χ0) is 25.0. The number of hydrogen-bond donors (Lipinski definition) is 2. The number of benzene rings is 2. The average molecular weight is 488 g/mol. The highest BCUT2D eigenvalue weighted by Gasteiger charge is 2.32. The predicted molar refractivity (Wildman–Crippen MR) is 123 cm³/mol. The van der Waals surface area contributed by atoms with Gasteiger partial charge in [0.1, 0.15) is 17.3 Å². The van der Waals surface area contributed by atoms with Crippen LogP contribution in [0.2, 0.25) is 0 Å². The van der Waals surface area contributed by atoms with Crippen molar-refractivity contribution < 1.29 is 27.4 Å². The van der Waals surface area contributed by atoms with Crippen LogP contribution in [0.4, 0.5) is 24.5 Å². The summed E-state index contributed by atoms with van der Waals surface area (Å²) in [5.74, 6) is 0.117. The smallest absolute Gasteiger partial charge is 0.416 e. The van der Waals surface area contributed by atoms with Gasteiger partial charge in [0.2, 0.25) is 0 Å². The Balaban J connectivity index is 1.61. The van der Waals surface area contributed by atoms with E-state index >= 15 is 0 Å². The highest BCUT2D eigenvalue weighted by Crippen LogP contribution is 2.36. The molecule has 2 heterocycles. The maximum atomic E-state index is 13.4. The van der Waals surface area contributed by atoms with Crippen molar-refractivity contribution in [1.29, 1.82) is 0 Å². The number of anilines is 2. The molecule has 8 nitrogen and oxygen atoms in total. The minimum absolute atomic E-state index is 0.0227. The van der Waals surface area contributed by atoms with Crippen LogP contribution in [-0.4, -0.2) is 49.3 Å². The van der Waals surface area contributed by atoms with Gasteiger partial charge in [-0.1, -0.05) is 12.1 Å². The second-order valence-corrected chi connectivity index (χ2v) is 7.89. The van der Waals surface area contributed by atoms with E-state index < -0.39 is 23.2 Å². The third-order valence-corrected chi connectivity index (χ3v) is 5.48. The lowest BCUT2D eigenvalue weighted by Crippen LogP contribution is -2.37. The molecular formula is C24H23F3N4O4. The number of morpholine rings is 1. The quantitative estimate of drug-likeness (QED) is 0.552. The van der Waals surface area contributed by atoms with Gasteiger partial charge >= 0.3 is 6.18 Å². The zero-order valence-corrected chi connectivity index (χ0v) is 18.8. The standard InChI is InChI=1S/C24H23F3N4O4/c1-34-17-5-2-15(3-6-17)12-21-28-19(14-22(32)30-21)23(33)29-18-13-16(24(25,26)27)4-7-20(18)31-8-10-35-11-9-31/h2-7,13-14H,8-12H2,1H3,(H,29,33)(H,28,30,32). The molecule has 0 spiro atoms. The second kappa shape index (κ2) is 10.2. The largest absolute Gasteiger partial charge is 0.497 e. The summed E-state index contributed by atoms with van der Waals surface area (Å²) in [4.78, 5) is 33.8. The summed E-state index contributed by atoms with van der Waals surface area (Å²) in [6, 6.07) is 11.3. The second-order valence-electron chi connectivity index (χ2n) is 7.89. The van der Waals surface area contributed by atoms with Crippen LogP contribution in [0.15, 0.2) is 53.3 Å². The third kappa shape index (κ3) is 5.99. The van der Waals surface area contributed by atoms with Crippen LogP contribution >= 0.6 is 0 Å². The van der Waals surface area contributed by atoms with Gasteiger partial charge in [0.15, 0.2) is 0 Å². The molecule has 1 saturated heterocycles. The Hall–Kier alpha value is -3.86. The lowest BCUT2D eigenvalue weighted by atomic mass is 10.1. The number of alkyl halides is 3. The van der Waals surface area contributed by atoms with Crippen molar-refractivity contribution in [3.05, 3.63) is 81.5 Å². The van der Waals surface area contributed by atoms with E-state index in [1.165, 1.54) is 6.07 Å². The molecule has 0 bridgehead atoms.